The number of nitro benzene ring substituents is 2. The number of nitro groups is 2. The van der Waals surface area contributed by atoms with Gasteiger partial charge in [-0.25, -0.2) is 10.9 Å². The number of carbonyl (C=O) groups excluding carboxylic acids is 2. The quantitative estimate of drug-likeness (QED) is 0.218. The molecule has 0 spiro atoms. The Morgan fingerprint density at radius 3 is 1.40 bits per heavy atom. The summed E-state index contributed by atoms with van der Waals surface area (Å²) in [4.78, 5) is 50.3. The van der Waals surface area contributed by atoms with Crippen molar-refractivity contribution in [3.05, 3.63) is 67.8 Å². The van der Waals surface area contributed by atoms with Crippen molar-refractivity contribution >= 4 is 47.0 Å². The van der Waals surface area contributed by atoms with Gasteiger partial charge in [-0.15, -0.1) is 0 Å². The largest absolute Gasteiger partial charge is 0.366 e. The summed E-state index contributed by atoms with van der Waals surface area (Å²) in [6, 6.07) is 9.31. The lowest BCUT2D eigenvalue weighted by Crippen LogP contribution is -2.35. The Kier molecular flexibility index (Phi) is 9.33. The van der Waals surface area contributed by atoms with Crippen molar-refractivity contribution in [1.29, 1.82) is 0 Å². The maximum atomic E-state index is 12.1. The number of nitrogens with one attached hydrogen (secondary N) is 2. The Labute approximate surface area is 230 Å². The van der Waals surface area contributed by atoms with Crippen LogP contribution in [0.1, 0.15) is 49.7 Å². The van der Waals surface area contributed by atoms with Crippen molar-refractivity contribution in [3.63, 3.8) is 0 Å². The number of benzene rings is 2. The number of anilines is 2. The Bertz CT molecular complexity index is 1230. The zero-order chi connectivity index (χ0) is 28.5. The van der Waals surface area contributed by atoms with Gasteiger partial charge in [-0.1, -0.05) is 12.1 Å². The molecule has 2 N–H and O–H groups in total. The van der Waals surface area contributed by atoms with Crippen LogP contribution in [0.4, 0.5) is 22.7 Å². The molecule has 0 atom stereocenters. The van der Waals surface area contributed by atoms with Gasteiger partial charge in [0.2, 0.25) is 0 Å². The summed E-state index contributed by atoms with van der Waals surface area (Å²) in [6.07, 6.45) is 8.50. The lowest BCUT2D eigenvalue weighted by molar-refractivity contribution is -0.384. The fraction of sp³-hybridized carbons (Fsp3) is 0.385. The van der Waals surface area contributed by atoms with Crippen LogP contribution in [0.5, 0.6) is 0 Å². The number of carbonyl (C=O) groups is 2. The van der Waals surface area contributed by atoms with Crippen molar-refractivity contribution in [2.45, 2.75) is 38.5 Å². The van der Waals surface area contributed by atoms with E-state index in [1.165, 1.54) is 24.6 Å². The third kappa shape index (κ3) is 7.15. The van der Waals surface area contributed by atoms with E-state index >= 15 is 0 Å². The number of hydrogen-bond acceptors (Lipinski definition) is 10. The molecule has 2 aliphatic heterocycles. The van der Waals surface area contributed by atoms with Gasteiger partial charge in [-0.05, 0) is 50.7 Å². The first kappa shape index (κ1) is 28.1. The highest BCUT2D eigenvalue weighted by atomic mass is 16.6. The molecule has 2 aromatic rings. The highest BCUT2D eigenvalue weighted by molar-refractivity contribution is 6.35. The molecule has 2 amide bonds. The fourth-order valence-electron chi connectivity index (χ4n) is 4.77. The first-order valence-electron chi connectivity index (χ1n) is 13.1. The van der Waals surface area contributed by atoms with Crippen LogP contribution in [0.15, 0.2) is 46.6 Å². The number of hydrazone groups is 2. The van der Waals surface area contributed by atoms with Crippen LogP contribution >= 0.6 is 0 Å². The highest BCUT2D eigenvalue weighted by Crippen LogP contribution is 2.32. The van der Waals surface area contributed by atoms with E-state index in [-0.39, 0.29) is 11.4 Å². The van der Waals surface area contributed by atoms with Gasteiger partial charge in [0.25, 0.3) is 11.4 Å². The van der Waals surface area contributed by atoms with Gasteiger partial charge in [0.15, 0.2) is 0 Å². The second-order valence-corrected chi connectivity index (χ2v) is 9.50. The first-order valence-corrected chi connectivity index (χ1v) is 13.1. The molecule has 210 valence electrons. The van der Waals surface area contributed by atoms with Gasteiger partial charge < -0.3 is 9.80 Å². The molecule has 2 aliphatic rings. The van der Waals surface area contributed by atoms with E-state index < -0.39 is 21.7 Å². The minimum Gasteiger partial charge on any atom is -0.366 e. The number of rotatable bonds is 8. The molecule has 0 radical (unpaired) electrons. The van der Waals surface area contributed by atoms with E-state index in [0.717, 1.165) is 64.7 Å². The molecule has 2 saturated heterocycles. The monoisotopic (exact) mass is 550 g/mol. The number of amides is 2. The SMILES string of the molecule is O=C(N/N=C/c1ccc(N2CCCCC2)c([N+](=O)[O-])c1)C(=O)N/N=C/c1ccc(N2CCCCC2)c([N+](=O)[O-])c1. The van der Waals surface area contributed by atoms with Crippen LogP contribution < -0.4 is 20.7 Å². The third-order valence-electron chi connectivity index (χ3n) is 6.75. The summed E-state index contributed by atoms with van der Waals surface area (Å²) < 4.78 is 0. The fourth-order valence-corrected chi connectivity index (χ4v) is 4.77. The second kappa shape index (κ2) is 13.3. The van der Waals surface area contributed by atoms with Crippen molar-refractivity contribution < 1.29 is 19.4 Å². The van der Waals surface area contributed by atoms with E-state index in [1.807, 2.05) is 20.7 Å². The molecule has 0 aromatic heterocycles. The second-order valence-electron chi connectivity index (χ2n) is 9.50. The highest BCUT2D eigenvalue weighted by Gasteiger charge is 2.23. The average molecular weight is 551 g/mol. The minimum atomic E-state index is -1.11. The van der Waals surface area contributed by atoms with Gasteiger partial charge >= 0.3 is 11.8 Å². The summed E-state index contributed by atoms with van der Waals surface area (Å²) in [7, 11) is 0. The summed E-state index contributed by atoms with van der Waals surface area (Å²) >= 11 is 0. The predicted molar refractivity (Wildman–Crippen MR) is 150 cm³/mol. The Hall–Kier alpha value is -4.88. The van der Waals surface area contributed by atoms with E-state index in [9.17, 15) is 29.8 Å². The summed E-state index contributed by atoms with van der Waals surface area (Å²) in [5, 5.41) is 30.6. The molecule has 0 bridgehead atoms. The smallest absolute Gasteiger partial charge is 0.331 e. The Morgan fingerprint density at radius 1 is 0.675 bits per heavy atom. The van der Waals surface area contributed by atoms with Crippen LogP contribution in [0.3, 0.4) is 0 Å². The maximum absolute atomic E-state index is 12.1. The van der Waals surface area contributed by atoms with Crippen LogP contribution in [0, 0.1) is 20.2 Å². The van der Waals surface area contributed by atoms with Gasteiger partial charge in [-0.3, -0.25) is 29.8 Å². The zero-order valence-electron chi connectivity index (χ0n) is 21.8. The summed E-state index contributed by atoms with van der Waals surface area (Å²) in [5.74, 6) is -2.22. The molecule has 4 rings (SSSR count). The molecule has 2 fully saturated rings. The average Bonchev–Trinajstić information content (AvgIpc) is 2.97. The van der Waals surface area contributed by atoms with Crippen LogP contribution in [0.25, 0.3) is 0 Å². The molecule has 0 aliphatic carbocycles. The van der Waals surface area contributed by atoms with E-state index in [0.29, 0.717) is 22.5 Å². The van der Waals surface area contributed by atoms with E-state index in [2.05, 4.69) is 10.2 Å². The summed E-state index contributed by atoms with van der Waals surface area (Å²) in [6.45, 7) is 3.01. The molecule has 40 heavy (non-hydrogen) atoms. The van der Waals surface area contributed by atoms with Gasteiger partial charge in [0, 0.05) is 49.4 Å². The molecule has 0 unspecified atom stereocenters. The number of piperidine rings is 2. The Balaban J connectivity index is 1.33. The maximum Gasteiger partial charge on any atom is 0.331 e. The van der Waals surface area contributed by atoms with Crippen LogP contribution in [-0.2, 0) is 9.59 Å². The van der Waals surface area contributed by atoms with E-state index in [4.69, 9.17) is 0 Å². The molecule has 2 aromatic carbocycles. The topological polar surface area (TPSA) is 176 Å². The molecule has 2 heterocycles. The molecule has 14 heteroatoms. The van der Waals surface area contributed by atoms with E-state index in [1.54, 1.807) is 24.3 Å². The van der Waals surface area contributed by atoms with Crippen LogP contribution in [0.2, 0.25) is 0 Å². The van der Waals surface area contributed by atoms with Crippen molar-refractivity contribution in [2.75, 3.05) is 36.0 Å². The Morgan fingerprint density at radius 2 is 1.05 bits per heavy atom. The summed E-state index contributed by atoms with van der Waals surface area (Å²) in [5.41, 5.74) is 5.79. The third-order valence-corrected chi connectivity index (χ3v) is 6.75. The predicted octanol–water partition coefficient (Wildman–Crippen LogP) is 3.08. The zero-order valence-corrected chi connectivity index (χ0v) is 21.8. The molecule has 0 saturated carbocycles. The van der Waals surface area contributed by atoms with Crippen molar-refractivity contribution in [3.8, 4) is 0 Å². The van der Waals surface area contributed by atoms with Gasteiger partial charge in [0.1, 0.15) is 11.4 Å². The number of nitrogens with zero attached hydrogens (tertiary/aromatic N) is 6. The van der Waals surface area contributed by atoms with Gasteiger partial charge in [0.05, 0.1) is 22.3 Å². The first-order chi connectivity index (χ1) is 19.3. The molecular formula is C26H30N8O6. The normalized spacial score (nSPS) is 15.8. The molecule has 14 nitrogen and oxygen atoms in total. The standard InChI is InChI=1S/C26H30N8O6/c35-25(29-27-17-19-7-9-21(23(15-19)33(37)38)31-11-3-1-4-12-31)26(36)30-28-18-20-8-10-22(24(16-20)34(39)40)32-13-5-2-6-14-32/h7-10,15-18H,1-6,11-14H2,(H,29,35)(H,30,36)/b27-17+,28-18+. The van der Waals surface area contributed by atoms with Crippen molar-refractivity contribution in [1.82, 2.24) is 10.9 Å². The lowest BCUT2D eigenvalue weighted by Gasteiger charge is -2.28. The molecular weight excluding hydrogens is 520 g/mol. The van der Waals surface area contributed by atoms with Gasteiger partial charge in [-0.2, -0.15) is 10.2 Å². The van der Waals surface area contributed by atoms with Crippen molar-refractivity contribution in [2.24, 2.45) is 10.2 Å². The lowest BCUT2D eigenvalue weighted by atomic mass is 10.1. The number of hydrogen-bond donors (Lipinski definition) is 2. The minimum absolute atomic E-state index is 0.0616. The van der Waals surface area contributed by atoms with Crippen LogP contribution in [-0.4, -0.2) is 60.3 Å².